The summed E-state index contributed by atoms with van der Waals surface area (Å²) in [6, 6.07) is 4.55. The van der Waals surface area contributed by atoms with Crippen LogP contribution in [0.15, 0.2) is 18.2 Å². The summed E-state index contributed by atoms with van der Waals surface area (Å²) in [5.41, 5.74) is 1.20. The van der Waals surface area contributed by atoms with Crippen LogP contribution in [0.25, 0.3) is 11.0 Å². The molecule has 1 aromatic heterocycles. The van der Waals surface area contributed by atoms with E-state index in [4.69, 9.17) is 0 Å². The van der Waals surface area contributed by atoms with E-state index in [1.54, 1.807) is 6.07 Å². The van der Waals surface area contributed by atoms with Crippen molar-refractivity contribution in [2.24, 2.45) is 5.41 Å². The van der Waals surface area contributed by atoms with Crippen molar-refractivity contribution in [3.05, 3.63) is 29.8 Å². The molecule has 1 saturated heterocycles. The van der Waals surface area contributed by atoms with Crippen molar-refractivity contribution in [2.75, 3.05) is 26.2 Å². The molecule has 6 heteroatoms. The third kappa shape index (κ3) is 4.18. The maximum absolute atomic E-state index is 13.2. The molecule has 0 bridgehead atoms. The van der Waals surface area contributed by atoms with Crippen LogP contribution in [0.2, 0.25) is 0 Å². The lowest BCUT2D eigenvalue weighted by molar-refractivity contribution is -0.133. The van der Waals surface area contributed by atoms with Gasteiger partial charge in [-0.05, 0) is 57.5 Å². The van der Waals surface area contributed by atoms with Gasteiger partial charge in [-0.15, -0.1) is 0 Å². The minimum Gasteiger partial charge on any atom is -0.356 e. The molecule has 2 heterocycles. The zero-order valence-electron chi connectivity index (χ0n) is 15.1. The first-order valence-electron chi connectivity index (χ1n) is 9.15. The molecule has 1 amide bonds. The number of aryl methyl sites for hydroxylation is 1. The largest absolute Gasteiger partial charge is 0.356 e. The molecule has 1 atom stereocenters. The fourth-order valence-electron chi connectivity index (χ4n) is 3.62. The molecular weight excluding hydrogens is 319 g/mol. The summed E-state index contributed by atoms with van der Waals surface area (Å²) in [6.45, 7) is 7.76. The predicted molar refractivity (Wildman–Crippen MR) is 96.8 cm³/mol. The van der Waals surface area contributed by atoms with Crippen LogP contribution in [0.1, 0.15) is 38.9 Å². The number of fused-ring (bicyclic) bond motifs is 1. The van der Waals surface area contributed by atoms with Gasteiger partial charge in [0.15, 0.2) is 0 Å². The molecule has 1 aromatic carbocycles. The second-order valence-electron chi connectivity index (χ2n) is 7.24. The Hall–Kier alpha value is -1.95. The third-order valence-corrected chi connectivity index (χ3v) is 5.14. The molecule has 0 spiro atoms. The molecule has 0 aliphatic carbocycles. The molecule has 0 unspecified atom stereocenters. The van der Waals surface area contributed by atoms with E-state index in [1.807, 2.05) is 0 Å². The van der Waals surface area contributed by atoms with Gasteiger partial charge < -0.3 is 15.2 Å². The zero-order chi connectivity index (χ0) is 17.9. The van der Waals surface area contributed by atoms with Crippen molar-refractivity contribution in [1.82, 2.24) is 20.2 Å². The number of imidazole rings is 1. The third-order valence-electron chi connectivity index (χ3n) is 5.14. The highest BCUT2D eigenvalue weighted by Crippen LogP contribution is 2.29. The standard InChI is InChI=1S/C19H27FN4O/c1-3-24-11-5-9-19(2,13-24)18(25)21-10-4-6-17-22-15-8-7-14(20)12-16(15)23-17/h7-8,12H,3-6,9-11,13H2,1-2H3,(H,21,25)(H,22,23)/t19-/m1/s1. The van der Waals surface area contributed by atoms with Crippen molar-refractivity contribution < 1.29 is 9.18 Å². The molecule has 0 radical (unpaired) electrons. The number of nitrogens with one attached hydrogen (secondary N) is 2. The number of hydrogen-bond acceptors (Lipinski definition) is 3. The van der Waals surface area contributed by atoms with Gasteiger partial charge in [-0.1, -0.05) is 6.92 Å². The second-order valence-corrected chi connectivity index (χ2v) is 7.24. The Bertz CT molecular complexity index is 744. The van der Waals surface area contributed by atoms with Gasteiger partial charge in [-0.2, -0.15) is 0 Å². The van der Waals surface area contributed by atoms with E-state index in [9.17, 15) is 9.18 Å². The first-order valence-corrected chi connectivity index (χ1v) is 9.15. The zero-order valence-corrected chi connectivity index (χ0v) is 15.1. The molecule has 25 heavy (non-hydrogen) atoms. The van der Waals surface area contributed by atoms with Crippen molar-refractivity contribution in [3.63, 3.8) is 0 Å². The number of nitrogens with zero attached hydrogens (tertiary/aromatic N) is 2. The fourth-order valence-corrected chi connectivity index (χ4v) is 3.62. The lowest BCUT2D eigenvalue weighted by Gasteiger charge is -2.38. The van der Waals surface area contributed by atoms with E-state index < -0.39 is 0 Å². The Morgan fingerprint density at radius 1 is 1.48 bits per heavy atom. The van der Waals surface area contributed by atoms with Gasteiger partial charge in [0.2, 0.25) is 5.91 Å². The number of rotatable bonds is 6. The molecule has 5 nitrogen and oxygen atoms in total. The van der Waals surface area contributed by atoms with Crippen LogP contribution in [0, 0.1) is 11.2 Å². The fraction of sp³-hybridized carbons (Fsp3) is 0.579. The number of aromatic nitrogens is 2. The van der Waals surface area contributed by atoms with Crippen molar-refractivity contribution >= 4 is 16.9 Å². The summed E-state index contributed by atoms with van der Waals surface area (Å²) in [7, 11) is 0. The molecule has 136 valence electrons. The SMILES string of the molecule is CCN1CCC[C@@](C)(C(=O)NCCCc2nc3ccc(F)cc3[nH]2)C1. The highest BCUT2D eigenvalue weighted by molar-refractivity contribution is 5.82. The summed E-state index contributed by atoms with van der Waals surface area (Å²) in [5, 5.41) is 3.08. The van der Waals surface area contributed by atoms with Gasteiger partial charge in [0, 0.05) is 19.5 Å². The topological polar surface area (TPSA) is 61.0 Å². The molecular formula is C19H27FN4O. The van der Waals surface area contributed by atoms with Crippen LogP contribution >= 0.6 is 0 Å². The quantitative estimate of drug-likeness (QED) is 0.791. The number of benzene rings is 1. The number of carbonyl (C=O) groups excluding carboxylic acids is 1. The van der Waals surface area contributed by atoms with Crippen molar-refractivity contribution in [3.8, 4) is 0 Å². The molecule has 1 aliphatic heterocycles. The minimum atomic E-state index is -0.287. The Kier molecular flexibility index (Phi) is 5.37. The lowest BCUT2D eigenvalue weighted by atomic mass is 9.81. The maximum Gasteiger partial charge on any atom is 0.227 e. The second kappa shape index (κ2) is 7.52. The van der Waals surface area contributed by atoms with Gasteiger partial charge in [0.25, 0.3) is 0 Å². The smallest absolute Gasteiger partial charge is 0.227 e. The van der Waals surface area contributed by atoms with Crippen LogP contribution in [0.3, 0.4) is 0 Å². The van der Waals surface area contributed by atoms with Crippen LogP contribution in [0.5, 0.6) is 0 Å². The van der Waals surface area contributed by atoms with Gasteiger partial charge in [-0.3, -0.25) is 4.79 Å². The van der Waals surface area contributed by atoms with Gasteiger partial charge in [-0.25, -0.2) is 9.37 Å². The number of hydrogen-bond donors (Lipinski definition) is 2. The molecule has 2 aromatic rings. The van der Waals surface area contributed by atoms with Crippen molar-refractivity contribution in [2.45, 2.75) is 39.5 Å². The minimum absolute atomic E-state index is 0.150. The van der Waals surface area contributed by atoms with Gasteiger partial charge in [0.05, 0.1) is 16.4 Å². The molecule has 3 rings (SSSR count). The number of H-pyrrole nitrogens is 1. The van der Waals surface area contributed by atoms with Crippen LogP contribution in [-0.4, -0.2) is 47.0 Å². The maximum atomic E-state index is 13.2. The Morgan fingerprint density at radius 2 is 2.32 bits per heavy atom. The highest BCUT2D eigenvalue weighted by atomic mass is 19.1. The summed E-state index contributed by atoms with van der Waals surface area (Å²) in [4.78, 5) is 22.5. The average Bonchev–Trinajstić information content (AvgIpc) is 3.00. The predicted octanol–water partition coefficient (Wildman–Crippen LogP) is 2.87. The summed E-state index contributed by atoms with van der Waals surface area (Å²) >= 11 is 0. The summed E-state index contributed by atoms with van der Waals surface area (Å²) in [5.74, 6) is 0.713. The summed E-state index contributed by atoms with van der Waals surface area (Å²) < 4.78 is 13.2. The Labute approximate surface area is 148 Å². The van der Waals surface area contributed by atoms with E-state index in [-0.39, 0.29) is 17.1 Å². The van der Waals surface area contributed by atoms with Crippen molar-refractivity contribution in [1.29, 1.82) is 0 Å². The Morgan fingerprint density at radius 3 is 3.12 bits per heavy atom. The number of carbonyl (C=O) groups is 1. The van der Waals surface area contributed by atoms with Crippen LogP contribution in [0.4, 0.5) is 4.39 Å². The van der Waals surface area contributed by atoms with Gasteiger partial charge >= 0.3 is 0 Å². The highest BCUT2D eigenvalue weighted by Gasteiger charge is 2.36. The van der Waals surface area contributed by atoms with E-state index in [0.29, 0.717) is 12.1 Å². The van der Waals surface area contributed by atoms with E-state index in [1.165, 1.54) is 12.1 Å². The van der Waals surface area contributed by atoms with E-state index in [2.05, 4.69) is 34.0 Å². The molecule has 2 N–H and O–H groups in total. The number of likely N-dealkylation sites (tertiary alicyclic amines) is 1. The molecule has 1 aliphatic rings. The van der Waals surface area contributed by atoms with Crippen LogP contribution < -0.4 is 5.32 Å². The number of piperidine rings is 1. The van der Waals surface area contributed by atoms with Crippen LogP contribution in [-0.2, 0) is 11.2 Å². The monoisotopic (exact) mass is 346 g/mol. The Balaban J connectivity index is 1.48. The molecule has 0 saturated carbocycles. The first-order chi connectivity index (χ1) is 12.0. The number of aromatic amines is 1. The van der Waals surface area contributed by atoms with E-state index in [0.717, 1.165) is 56.7 Å². The summed E-state index contributed by atoms with van der Waals surface area (Å²) in [6.07, 6.45) is 3.56. The first kappa shape index (κ1) is 17.9. The number of amides is 1. The molecule has 1 fully saturated rings. The lowest BCUT2D eigenvalue weighted by Crippen LogP contribution is -2.50. The normalized spacial score (nSPS) is 21.6. The number of halogens is 1. The van der Waals surface area contributed by atoms with Gasteiger partial charge in [0.1, 0.15) is 11.6 Å². The average molecular weight is 346 g/mol. The van der Waals surface area contributed by atoms with E-state index >= 15 is 0 Å².